The first-order valence-electron chi connectivity index (χ1n) is 7.08. The molecular weight excluding hydrogens is 266 g/mol. The van der Waals surface area contributed by atoms with Crippen LogP contribution in [0.25, 0.3) is 0 Å². The molecule has 0 bridgehead atoms. The topological polar surface area (TPSA) is 63.2 Å². The van der Waals surface area contributed by atoms with Crippen LogP contribution in [0.4, 0.5) is 17.3 Å². The molecule has 0 unspecified atom stereocenters. The van der Waals surface area contributed by atoms with Gasteiger partial charge in [-0.3, -0.25) is 0 Å². The lowest BCUT2D eigenvalue weighted by Crippen LogP contribution is -2.36. The summed E-state index contributed by atoms with van der Waals surface area (Å²) >= 11 is 0. The Labute approximate surface area is 124 Å². The Morgan fingerprint density at radius 3 is 2.67 bits per heavy atom. The lowest BCUT2D eigenvalue weighted by Gasteiger charge is -2.28. The molecule has 0 aliphatic carbocycles. The Morgan fingerprint density at radius 1 is 1.14 bits per heavy atom. The highest BCUT2D eigenvalue weighted by atomic mass is 16.5. The number of aryl methyl sites for hydroxylation is 2. The summed E-state index contributed by atoms with van der Waals surface area (Å²) in [5, 5.41) is 3.29. The molecule has 21 heavy (non-hydrogen) atoms. The second kappa shape index (κ2) is 6.05. The van der Waals surface area contributed by atoms with Crippen molar-refractivity contribution in [1.82, 2.24) is 15.0 Å². The van der Waals surface area contributed by atoms with E-state index in [9.17, 15) is 0 Å². The highest BCUT2D eigenvalue weighted by molar-refractivity contribution is 5.61. The molecule has 0 amide bonds. The van der Waals surface area contributed by atoms with E-state index in [2.05, 4.69) is 25.2 Å². The quantitative estimate of drug-likeness (QED) is 0.931. The van der Waals surface area contributed by atoms with Gasteiger partial charge in [-0.15, -0.1) is 0 Å². The Morgan fingerprint density at radius 2 is 1.95 bits per heavy atom. The SMILES string of the molecule is Cc1cc(Nc2ccc(N3CCOCC3)nc2C)ncn1. The van der Waals surface area contributed by atoms with Gasteiger partial charge in [-0.1, -0.05) is 0 Å². The molecule has 1 N–H and O–H groups in total. The maximum absolute atomic E-state index is 5.37. The van der Waals surface area contributed by atoms with E-state index in [-0.39, 0.29) is 0 Å². The summed E-state index contributed by atoms with van der Waals surface area (Å²) in [5.41, 5.74) is 2.85. The van der Waals surface area contributed by atoms with Crippen molar-refractivity contribution in [2.45, 2.75) is 13.8 Å². The summed E-state index contributed by atoms with van der Waals surface area (Å²) in [4.78, 5) is 15.2. The Balaban J connectivity index is 1.77. The molecule has 2 aromatic rings. The van der Waals surface area contributed by atoms with E-state index in [1.54, 1.807) is 6.33 Å². The molecule has 0 spiro atoms. The predicted octanol–water partition coefficient (Wildman–Crippen LogP) is 2.07. The molecular formula is C15H19N5O. The highest BCUT2D eigenvalue weighted by Crippen LogP contribution is 2.22. The number of rotatable bonds is 3. The van der Waals surface area contributed by atoms with Gasteiger partial charge in [0.1, 0.15) is 18.0 Å². The highest BCUT2D eigenvalue weighted by Gasteiger charge is 2.13. The number of nitrogens with zero attached hydrogens (tertiary/aromatic N) is 4. The van der Waals surface area contributed by atoms with Crippen LogP contribution in [0.15, 0.2) is 24.5 Å². The average molecular weight is 285 g/mol. The van der Waals surface area contributed by atoms with Crippen LogP contribution in [-0.4, -0.2) is 41.3 Å². The molecule has 0 atom stereocenters. The van der Waals surface area contributed by atoms with Crippen molar-refractivity contribution in [3.8, 4) is 0 Å². The molecule has 1 fully saturated rings. The van der Waals surface area contributed by atoms with E-state index in [1.807, 2.05) is 32.0 Å². The molecule has 110 valence electrons. The number of anilines is 3. The molecule has 2 aromatic heterocycles. The predicted molar refractivity (Wildman–Crippen MR) is 82.1 cm³/mol. The molecule has 1 saturated heterocycles. The third-order valence-corrected chi connectivity index (χ3v) is 3.47. The van der Waals surface area contributed by atoms with E-state index in [1.165, 1.54) is 0 Å². The monoisotopic (exact) mass is 285 g/mol. The zero-order chi connectivity index (χ0) is 14.7. The first-order chi connectivity index (χ1) is 10.2. The summed E-state index contributed by atoms with van der Waals surface area (Å²) in [6.07, 6.45) is 1.56. The van der Waals surface area contributed by atoms with Crippen molar-refractivity contribution in [2.75, 3.05) is 36.5 Å². The van der Waals surface area contributed by atoms with Crippen molar-refractivity contribution in [3.63, 3.8) is 0 Å². The molecule has 6 heteroatoms. The fraction of sp³-hybridized carbons (Fsp3) is 0.400. The normalized spacial score (nSPS) is 15.0. The smallest absolute Gasteiger partial charge is 0.134 e. The van der Waals surface area contributed by atoms with Gasteiger partial charge in [-0.2, -0.15) is 0 Å². The van der Waals surface area contributed by atoms with Gasteiger partial charge in [0.05, 0.1) is 24.6 Å². The first-order valence-corrected chi connectivity index (χ1v) is 7.08. The summed E-state index contributed by atoms with van der Waals surface area (Å²) in [6, 6.07) is 5.99. The summed E-state index contributed by atoms with van der Waals surface area (Å²) in [7, 11) is 0. The van der Waals surface area contributed by atoms with E-state index >= 15 is 0 Å². The van der Waals surface area contributed by atoms with Crippen molar-refractivity contribution < 1.29 is 4.74 Å². The minimum absolute atomic E-state index is 0.765. The third-order valence-electron chi connectivity index (χ3n) is 3.47. The van der Waals surface area contributed by atoms with Gasteiger partial charge in [-0.05, 0) is 26.0 Å². The lowest BCUT2D eigenvalue weighted by atomic mass is 10.3. The summed E-state index contributed by atoms with van der Waals surface area (Å²) in [5.74, 6) is 1.78. The van der Waals surface area contributed by atoms with Crippen LogP contribution < -0.4 is 10.2 Å². The molecule has 1 aliphatic heterocycles. The zero-order valence-electron chi connectivity index (χ0n) is 12.3. The van der Waals surface area contributed by atoms with Gasteiger partial charge < -0.3 is 15.0 Å². The molecule has 3 heterocycles. The first kappa shape index (κ1) is 13.8. The molecule has 0 aromatic carbocycles. The number of aromatic nitrogens is 3. The van der Waals surface area contributed by atoms with Crippen LogP contribution in [0.2, 0.25) is 0 Å². The summed E-state index contributed by atoms with van der Waals surface area (Å²) in [6.45, 7) is 7.26. The Kier molecular flexibility index (Phi) is 3.96. The maximum Gasteiger partial charge on any atom is 0.134 e. The van der Waals surface area contributed by atoms with E-state index in [0.717, 1.165) is 55.0 Å². The van der Waals surface area contributed by atoms with Gasteiger partial charge in [0.25, 0.3) is 0 Å². The Hall–Kier alpha value is -2.21. The van der Waals surface area contributed by atoms with Gasteiger partial charge in [0.2, 0.25) is 0 Å². The van der Waals surface area contributed by atoms with Crippen LogP contribution in [-0.2, 0) is 4.74 Å². The van der Waals surface area contributed by atoms with Crippen molar-refractivity contribution in [2.24, 2.45) is 0 Å². The van der Waals surface area contributed by atoms with Gasteiger partial charge in [0.15, 0.2) is 0 Å². The third kappa shape index (κ3) is 3.28. The number of pyridine rings is 1. The second-order valence-corrected chi connectivity index (χ2v) is 5.07. The number of nitrogens with one attached hydrogen (secondary N) is 1. The van der Waals surface area contributed by atoms with Crippen LogP contribution >= 0.6 is 0 Å². The summed E-state index contributed by atoms with van der Waals surface area (Å²) < 4.78 is 5.37. The van der Waals surface area contributed by atoms with E-state index < -0.39 is 0 Å². The number of morpholine rings is 1. The second-order valence-electron chi connectivity index (χ2n) is 5.07. The minimum Gasteiger partial charge on any atom is -0.378 e. The van der Waals surface area contributed by atoms with Crippen molar-refractivity contribution in [3.05, 3.63) is 35.9 Å². The molecule has 0 saturated carbocycles. The van der Waals surface area contributed by atoms with Gasteiger partial charge >= 0.3 is 0 Å². The van der Waals surface area contributed by atoms with Crippen LogP contribution in [0.1, 0.15) is 11.4 Å². The molecule has 0 radical (unpaired) electrons. The van der Waals surface area contributed by atoms with Gasteiger partial charge in [-0.25, -0.2) is 15.0 Å². The average Bonchev–Trinajstić information content (AvgIpc) is 2.50. The number of hydrogen-bond donors (Lipinski definition) is 1. The molecule has 6 nitrogen and oxygen atoms in total. The standard InChI is InChI=1S/C15H19N5O/c1-11-9-14(17-10-16-11)19-13-3-4-15(18-12(13)2)20-5-7-21-8-6-20/h3-4,9-10H,5-8H2,1-2H3,(H,16,17,19). The van der Waals surface area contributed by atoms with E-state index in [4.69, 9.17) is 4.74 Å². The van der Waals surface area contributed by atoms with Crippen LogP contribution in [0.3, 0.4) is 0 Å². The molecule has 1 aliphatic rings. The minimum atomic E-state index is 0.765. The molecule has 3 rings (SSSR count). The largest absolute Gasteiger partial charge is 0.378 e. The van der Waals surface area contributed by atoms with E-state index in [0.29, 0.717) is 0 Å². The lowest BCUT2D eigenvalue weighted by molar-refractivity contribution is 0.122. The van der Waals surface area contributed by atoms with Crippen LogP contribution in [0, 0.1) is 13.8 Å². The van der Waals surface area contributed by atoms with Crippen molar-refractivity contribution in [1.29, 1.82) is 0 Å². The maximum atomic E-state index is 5.37. The fourth-order valence-corrected chi connectivity index (χ4v) is 2.31. The number of ether oxygens (including phenoxy) is 1. The zero-order valence-corrected chi connectivity index (χ0v) is 12.3. The van der Waals surface area contributed by atoms with Gasteiger partial charge in [0, 0.05) is 24.8 Å². The Bertz CT molecular complexity index is 625. The van der Waals surface area contributed by atoms with Crippen molar-refractivity contribution >= 4 is 17.3 Å². The number of hydrogen-bond acceptors (Lipinski definition) is 6. The fourth-order valence-electron chi connectivity index (χ4n) is 2.31. The van der Waals surface area contributed by atoms with Crippen LogP contribution in [0.5, 0.6) is 0 Å².